The summed E-state index contributed by atoms with van der Waals surface area (Å²) in [6.45, 7) is 8.19. The number of aryl methyl sites for hydroxylation is 1. The van der Waals surface area contributed by atoms with Crippen LogP contribution in [0.4, 0.5) is 13.2 Å². The lowest BCUT2D eigenvalue weighted by Crippen LogP contribution is -2.37. The van der Waals surface area contributed by atoms with Crippen LogP contribution < -0.4 is 0 Å². The molecule has 0 aliphatic carbocycles. The van der Waals surface area contributed by atoms with Crippen LogP contribution in [0.5, 0.6) is 0 Å². The fourth-order valence-corrected chi connectivity index (χ4v) is 3.35. The number of rotatable bonds is 4. The van der Waals surface area contributed by atoms with E-state index in [1.54, 1.807) is 12.4 Å². The maximum atomic E-state index is 12.7. The molecule has 7 nitrogen and oxygen atoms in total. The van der Waals surface area contributed by atoms with Gasteiger partial charge in [-0.15, -0.1) is 0 Å². The number of aliphatic carboxylic acids is 1. The van der Waals surface area contributed by atoms with Crippen molar-refractivity contribution in [3.8, 4) is 0 Å². The quantitative estimate of drug-likeness (QED) is 0.827. The molecular formula is C18H23F3N2O5. The Morgan fingerprint density at radius 1 is 1.43 bits per heavy atom. The number of alkyl halides is 3. The second kappa shape index (κ2) is 8.87. The van der Waals surface area contributed by atoms with E-state index in [4.69, 9.17) is 19.4 Å². The van der Waals surface area contributed by atoms with E-state index in [0.717, 1.165) is 18.7 Å². The van der Waals surface area contributed by atoms with Crippen LogP contribution in [0.25, 0.3) is 0 Å². The molecule has 2 atom stereocenters. The summed E-state index contributed by atoms with van der Waals surface area (Å²) in [5, 5.41) is 7.12. The molecule has 1 N–H and O–H groups in total. The highest BCUT2D eigenvalue weighted by Gasteiger charge is 2.52. The molecule has 156 valence electrons. The summed E-state index contributed by atoms with van der Waals surface area (Å²) in [5.74, 6) is -2.31. The Hall–Kier alpha value is -2.20. The third kappa shape index (κ3) is 5.20. The number of hydrogen-bond acceptors (Lipinski definition) is 5. The van der Waals surface area contributed by atoms with Gasteiger partial charge in [-0.1, -0.05) is 0 Å². The standard InChI is InChI=1S/C16H22N2O3.C2HF3O2/c1-3-20-10-16-9-18(7-14(16)8-21-11-16)15(19)13-4-12(2)5-17-6-13;3-2(4,5)1(6)7/h4-6,14H,3,7-11H2,1-2H3;(H,6,7)/t14-,16-;/m1./s1. The van der Waals surface area contributed by atoms with Gasteiger partial charge in [0.1, 0.15) is 0 Å². The first-order valence-electron chi connectivity index (χ1n) is 8.75. The van der Waals surface area contributed by atoms with Crippen LogP contribution in [-0.4, -0.2) is 72.6 Å². The van der Waals surface area contributed by atoms with Crippen LogP contribution in [0.3, 0.4) is 0 Å². The molecular weight excluding hydrogens is 381 g/mol. The van der Waals surface area contributed by atoms with Crippen molar-refractivity contribution in [3.05, 3.63) is 29.6 Å². The monoisotopic (exact) mass is 404 g/mol. The van der Waals surface area contributed by atoms with Crippen LogP contribution in [-0.2, 0) is 14.3 Å². The highest BCUT2D eigenvalue weighted by atomic mass is 19.4. The molecule has 0 spiro atoms. The van der Waals surface area contributed by atoms with Gasteiger partial charge < -0.3 is 19.5 Å². The summed E-state index contributed by atoms with van der Waals surface area (Å²) < 4.78 is 43.0. The van der Waals surface area contributed by atoms with Gasteiger partial charge in [0.25, 0.3) is 5.91 Å². The average Bonchev–Trinajstić information content (AvgIpc) is 3.16. The Morgan fingerprint density at radius 2 is 2.11 bits per heavy atom. The molecule has 1 amide bonds. The molecule has 10 heteroatoms. The Balaban J connectivity index is 0.000000345. The van der Waals surface area contributed by atoms with E-state index < -0.39 is 12.1 Å². The van der Waals surface area contributed by atoms with Crippen molar-refractivity contribution in [2.75, 3.05) is 39.5 Å². The predicted octanol–water partition coefficient (Wildman–Crippen LogP) is 2.15. The summed E-state index contributed by atoms with van der Waals surface area (Å²) in [6, 6.07) is 1.90. The minimum absolute atomic E-state index is 0.0249. The maximum Gasteiger partial charge on any atom is 0.490 e. The van der Waals surface area contributed by atoms with Crippen molar-refractivity contribution < 1.29 is 37.3 Å². The molecule has 0 aromatic carbocycles. The molecule has 28 heavy (non-hydrogen) atoms. The lowest BCUT2D eigenvalue weighted by Gasteiger charge is -2.26. The molecule has 1 aromatic heterocycles. The van der Waals surface area contributed by atoms with Gasteiger partial charge in [0.2, 0.25) is 0 Å². The Kier molecular flexibility index (Phi) is 7.00. The number of nitrogens with zero attached hydrogens (tertiary/aromatic N) is 2. The highest BCUT2D eigenvalue weighted by Crippen LogP contribution is 2.42. The maximum absolute atomic E-state index is 12.7. The SMILES string of the molecule is CCOC[C@]12COC[C@H]1CN(C(=O)c1cncc(C)c1)C2.O=C(O)C(F)(F)F. The molecule has 2 aliphatic rings. The van der Waals surface area contributed by atoms with Crippen molar-refractivity contribution in [2.45, 2.75) is 20.0 Å². The number of hydrogen-bond donors (Lipinski definition) is 1. The van der Waals surface area contributed by atoms with Crippen molar-refractivity contribution in [2.24, 2.45) is 11.3 Å². The fraction of sp³-hybridized carbons (Fsp3) is 0.611. The number of carbonyl (C=O) groups excluding carboxylic acids is 1. The normalized spacial score (nSPS) is 23.8. The van der Waals surface area contributed by atoms with E-state index >= 15 is 0 Å². The van der Waals surface area contributed by atoms with Gasteiger partial charge in [0.15, 0.2) is 0 Å². The number of pyridine rings is 1. The fourth-order valence-electron chi connectivity index (χ4n) is 3.35. The molecule has 0 bridgehead atoms. The van der Waals surface area contributed by atoms with Gasteiger partial charge >= 0.3 is 12.1 Å². The zero-order valence-electron chi connectivity index (χ0n) is 15.7. The molecule has 0 saturated carbocycles. The second-order valence-corrected chi connectivity index (χ2v) is 6.95. The van der Waals surface area contributed by atoms with E-state index in [2.05, 4.69) is 4.98 Å². The minimum atomic E-state index is -5.08. The minimum Gasteiger partial charge on any atom is -0.475 e. The van der Waals surface area contributed by atoms with Crippen molar-refractivity contribution in [3.63, 3.8) is 0 Å². The first-order chi connectivity index (χ1) is 13.1. The van der Waals surface area contributed by atoms with Gasteiger partial charge in [-0.25, -0.2) is 4.79 Å². The molecule has 2 saturated heterocycles. The zero-order chi connectivity index (χ0) is 20.9. The van der Waals surface area contributed by atoms with Gasteiger partial charge in [-0.2, -0.15) is 13.2 Å². The average molecular weight is 404 g/mol. The van der Waals surface area contributed by atoms with E-state index in [1.807, 2.05) is 24.8 Å². The molecule has 3 rings (SSSR count). The number of carboxylic acid groups (broad SMARTS) is 1. The van der Waals surface area contributed by atoms with Gasteiger partial charge in [-0.3, -0.25) is 9.78 Å². The van der Waals surface area contributed by atoms with Gasteiger partial charge in [0.05, 0.1) is 25.4 Å². The van der Waals surface area contributed by atoms with Crippen LogP contribution in [0.1, 0.15) is 22.8 Å². The van der Waals surface area contributed by atoms with Crippen LogP contribution >= 0.6 is 0 Å². The van der Waals surface area contributed by atoms with Crippen molar-refractivity contribution in [1.29, 1.82) is 0 Å². The van der Waals surface area contributed by atoms with Crippen LogP contribution in [0, 0.1) is 18.3 Å². The van der Waals surface area contributed by atoms with E-state index in [1.165, 1.54) is 0 Å². The zero-order valence-corrected chi connectivity index (χ0v) is 15.7. The third-order valence-corrected chi connectivity index (χ3v) is 4.77. The predicted molar refractivity (Wildman–Crippen MR) is 91.8 cm³/mol. The van der Waals surface area contributed by atoms with E-state index in [9.17, 15) is 18.0 Å². The first-order valence-corrected chi connectivity index (χ1v) is 8.75. The number of carboxylic acids is 1. The third-order valence-electron chi connectivity index (χ3n) is 4.77. The first kappa shape index (κ1) is 22.1. The number of fused-ring (bicyclic) bond motifs is 1. The van der Waals surface area contributed by atoms with E-state index in [-0.39, 0.29) is 11.3 Å². The second-order valence-electron chi connectivity index (χ2n) is 6.95. The Bertz CT molecular complexity index is 713. The number of carbonyl (C=O) groups is 2. The molecule has 2 aliphatic heterocycles. The smallest absolute Gasteiger partial charge is 0.475 e. The molecule has 0 unspecified atom stereocenters. The summed E-state index contributed by atoms with van der Waals surface area (Å²) in [5.41, 5.74) is 1.65. The van der Waals surface area contributed by atoms with Crippen LogP contribution in [0.2, 0.25) is 0 Å². The molecule has 3 heterocycles. The molecule has 0 radical (unpaired) electrons. The summed E-state index contributed by atoms with van der Waals surface area (Å²) in [6.07, 6.45) is -1.67. The van der Waals surface area contributed by atoms with Gasteiger partial charge in [0, 0.05) is 43.4 Å². The highest BCUT2D eigenvalue weighted by molar-refractivity contribution is 5.94. The number of likely N-dealkylation sites (tertiary alicyclic amines) is 1. The number of amides is 1. The molecule has 1 aromatic rings. The molecule has 2 fully saturated rings. The lowest BCUT2D eigenvalue weighted by atomic mass is 9.82. The van der Waals surface area contributed by atoms with Crippen LogP contribution in [0.15, 0.2) is 18.5 Å². The number of halogens is 3. The topological polar surface area (TPSA) is 89.0 Å². The summed E-state index contributed by atoms with van der Waals surface area (Å²) in [4.78, 5) is 27.6. The number of ether oxygens (including phenoxy) is 2. The summed E-state index contributed by atoms with van der Waals surface area (Å²) in [7, 11) is 0. The van der Waals surface area contributed by atoms with Crippen molar-refractivity contribution >= 4 is 11.9 Å². The number of aromatic nitrogens is 1. The Labute approximate surface area is 160 Å². The van der Waals surface area contributed by atoms with E-state index in [0.29, 0.717) is 37.8 Å². The summed E-state index contributed by atoms with van der Waals surface area (Å²) >= 11 is 0. The Morgan fingerprint density at radius 3 is 2.68 bits per heavy atom. The largest absolute Gasteiger partial charge is 0.490 e. The van der Waals surface area contributed by atoms with Crippen molar-refractivity contribution in [1.82, 2.24) is 9.88 Å². The van der Waals surface area contributed by atoms with Gasteiger partial charge in [-0.05, 0) is 25.5 Å². The lowest BCUT2D eigenvalue weighted by molar-refractivity contribution is -0.192.